The van der Waals surface area contributed by atoms with E-state index in [9.17, 15) is 9.90 Å². The third-order valence-electron chi connectivity index (χ3n) is 7.09. The zero-order valence-corrected chi connectivity index (χ0v) is 21.9. The van der Waals surface area contributed by atoms with Crippen LogP contribution in [0.25, 0.3) is 10.9 Å². The summed E-state index contributed by atoms with van der Waals surface area (Å²) < 4.78 is 50.5. The molecule has 2 atom stereocenters. The number of nitrogens with one attached hydrogen (secondary N) is 1. The second-order valence-electron chi connectivity index (χ2n) is 10.4. The highest BCUT2D eigenvalue weighted by atomic mass is 19.3. The van der Waals surface area contributed by atoms with Crippen LogP contribution in [0.3, 0.4) is 0 Å². The Morgan fingerprint density at radius 3 is 2.57 bits per heavy atom. The second-order valence-corrected chi connectivity index (χ2v) is 10.4. The van der Waals surface area contributed by atoms with Crippen molar-refractivity contribution >= 4 is 28.3 Å². The van der Waals surface area contributed by atoms with E-state index in [1.807, 2.05) is 26.0 Å². The monoisotopic (exact) mass is 516 g/mol. The Bertz CT molecular complexity index is 1390. The van der Waals surface area contributed by atoms with Gasteiger partial charge in [-0.1, -0.05) is 12.1 Å². The lowest BCUT2D eigenvalue weighted by atomic mass is 9.85. The number of hydrogen-bond donors (Lipinski definition) is 2. The number of benzene rings is 2. The molecule has 0 radical (unpaired) electrons. The minimum absolute atomic E-state index is 0.0237. The highest BCUT2D eigenvalue weighted by Crippen LogP contribution is 2.44. The van der Waals surface area contributed by atoms with Crippen LogP contribution in [0.5, 0.6) is 0 Å². The summed E-state index contributed by atoms with van der Waals surface area (Å²) in [5.74, 6) is -4.26. The van der Waals surface area contributed by atoms with E-state index in [-0.39, 0.29) is 11.5 Å². The van der Waals surface area contributed by atoms with Gasteiger partial charge in [-0.3, -0.25) is 4.79 Å². The highest BCUT2D eigenvalue weighted by Gasteiger charge is 2.52. The fourth-order valence-corrected chi connectivity index (χ4v) is 4.88. The maximum absolute atomic E-state index is 15.5. The molecular weight excluding hydrogens is 485 g/mol. The molecule has 0 aliphatic carbocycles. The number of aliphatic hydroxyl groups is 1. The molecule has 0 fully saturated rings. The van der Waals surface area contributed by atoms with Gasteiger partial charge in [0.25, 0.3) is 0 Å². The summed E-state index contributed by atoms with van der Waals surface area (Å²) in [7, 11) is 2.88. The van der Waals surface area contributed by atoms with Gasteiger partial charge in [-0.15, -0.1) is 0 Å². The Labute approximate surface area is 213 Å². The van der Waals surface area contributed by atoms with Crippen LogP contribution >= 0.6 is 0 Å². The van der Waals surface area contributed by atoms with Gasteiger partial charge in [0.2, 0.25) is 5.91 Å². The van der Waals surface area contributed by atoms with Gasteiger partial charge in [0, 0.05) is 30.8 Å². The number of amides is 1. The van der Waals surface area contributed by atoms with Crippen LogP contribution in [0.1, 0.15) is 56.3 Å². The Hall–Kier alpha value is -3.24. The lowest BCUT2D eigenvalue weighted by Crippen LogP contribution is -2.47. The zero-order chi connectivity index (χ0) is 27.5. The molecule has 2 heterocycles. The predicted octanol–water partition coefficient (Wildman–Crippen LogP) is 4.99. The number of halogens is 3. The molecule has 7 nitrogen and oxygen atoms in total. The number of likely N-dealkylation sites (N-methyl/N-ethyl adjacent to an activating group) is 1. The number of aryl methyl sites for hydroxylation is 1. The molecule has 1 amide bonds. The number of alkyl halides is 2. The number of rotatable bonds is 7. The third-order valence-corrected chi connectivity index (χ3v) is 7.09. The quantitative estimate of drug-likeness (QED) is 0.460. The normalized spacial score (nSPS) is 17.6. The van der Waals surface area contributed by atoms with Gasteiger partial charge in [0.15, 0.2) is 5.60 Å². The number of aromatic nitrogens is 2. The van der Waals surface area contributed by atoms with E-state index in [0.29, 0.717) is 22.5 Å². The van der Waals surface area contributed by atoms with Gasteiger partial charge >= 0.3 is 5.92 Å². The first-order chi connectivity index (χ1) is 17.1. The largest absolute Gasteiger partial charge is 0.381 e. The van der Waals surface area contributed by atoms with Crippen LogP contribution in [0.2, 0.25) is 0 Å². The summed E-state index contributed by atoms with van der Waals surface area (Å²) in [5, 5.41) is 14.0. The number of fused-ring (bicyclic) bond motifs is 2. The Morgan fingerprint density at radius 1 is 1.24 bits per heavy atom. The summed E-state index contributed by atoms with van der Waals surface area (Å²) in [5.41, 5.74) is -2.11. The van der Waals surface area contributed by atoms with E-state index >= 15 is 13.2 Å². The SMILES string of the molecule is COC[C@](C)(O)C(F)(F)c1cccc([C@@H](C)Nc2nc(C)nc3cc4c(cc23)N(C)C(=O)C4(C)C)c1F. The van der Waals surface area contributed by atoms with Crippen LogP contribution in [0.4, 0.5) is 24.7 Å². The van der Waals surface area contributed by atoms with Gasteiger partial charge in [-0.2, -0.15) is 8.78 Å². The minimum atomic E-state index is -3.91. The molecule has 0 saturated carbocycles. The number of methoxy groups -OCH3 is 1. The first-order valence-electron chi connectivity index (χ1n) is 11.9. The summed E-state index contributed by atoms with van der Waals surface area (Å²) >= 11 is 0. The molecule has 1 aliphatic heterocycles. The number of carbonyl (C=O) groups is 1. The fourth-order valence-electron chi connectivity index (χ4n) is 4.88. The molecule has 0 saturated heterocycles. The molecule has 1 aromatic heterocycles. The molecule has 4 rings (SSSR count). The molecule has 0 spiro atoms. The van der Waals surface area contributed by atoms with Crippen LogP contribution in [0, 0.1) is 12.7 Å². The van der Waals surface area contributed by atoms with Crippen LogP contribution in [0.15, 0.2) is 30.3 Å². The number of hydrogen-bond acceptors (Lipinski definition) is 6. The average Bonchev–Trinajstić information content (AvgIpc) is 2.97. The van der Waals surface area contributed by atoms with Crippen LogP contribution in [-0.2, 0) is 20.9 Å². The molecule has 3 aromatic rings. The van der Waals surface area contributed by atoms with E-state index in [1.54, 1.807) is 25.8 Å². The fraction of sp³-hybridized carbons (Fsp3) is 0.444. The standard InChI is InChI=1S/C27H31F3N4O3/c1-14(16-9-8-10-18(22(16)28)27(29,30)26(5,36)13-37-7)31-23-17-11-21-19(12-20(17)32-15(2)33-23)25(3,4)24(35)34(21)6/h8-12,14,36H,13H2,1-7H3,(H,31,32,33)/t14-,26+/m1/s1. The smallest absolute Gasteiger partial charge is 0.306 e. The molecule has 0 unspecified atom stereocenters. The maximum Gasteiger partial charge on any atom is 0.306 e. The van der Waals surface area contributed by atoms with Crippen LogP contribution in [-0.4, -0.2) is 47.3 Å². The van der Waals surface area contributed by atoms with Gasteiger partial charge < -0.3 is 20.1 Å². The van der Waals surface area contributed by atoms with Crippen LogP contribution < -0.4 is 10.2 Å². The van der Waals surface area contributed by atoms with Gasteiger partial charge in [0.1, 0.15) is 17.5 Å². The number of carbonyl (C=O) groups excluding carboxylic acids is 1. The zero-order valence-electron chi connectivity index (χ0n) is 21.9. The lowest BCUT2D eigenvalue weighted by Gasteiger charge is -2.33. The summed E-state index contributed by atoms with van der Waals surface area (Å²) in [4.78, 5) is 23.4. The first-order valence-corrected chi connectivity index (χ1v) is 11.9. The Morgan fingerprint density at radius 2 is 1.92 bits per heavy atom. The molecule has 0 bridgehead atoms. The van der Waals surface area contributed by atoms with E-state index in [1.165, 1.54) is 19.2 Å². The van der Waals surface area contributed by atoms with Gasteiger partial charge in [-0.05, 0) is 58.4 Å². The number of ether oxygens (including phenoxy) is 1. The van der Waals surface area contributed by atoms with Crippen molar-refractivity contribution in [2.75, 3.05) is 31.0 Å². The van der Waals surface area contributed by atoms with E-state index in [2.05, 4.69) is 15.3 Å². The van der Waals surface area contributed by atoms with Crippen molar-refractivity contribution in [2.45, 2.75) is 57.6 Å². The topological polar surface area (TPSA) is 87.6 Å². The van der Waals surface area contributed by atoms with Crippen molar-refractivity contribution in [3.63, 3.8) is 0 Å². The maximum atomic E-state index is 15.5. The Balaban J connectivity index is 1.76. The Kier molecular flexibility index (Phi) is 6.49. The third kappa shape index (κ3) is 4.21. The summed E-state index contributed by atoms with van der Waals surface area (Å²) in [6.45, 7) is 7.28. The molecule has 10 heteroatoms. The van der Waals surface area contributed by atoms with Crippen molar-refractivity contribution in [1.29, 1.82) is 0 Å². The second kappa shape index (κ2) is 8.95. The van der Waals surface area contributed by atoms with E-state index in [4.69, 9.17) is 4.74 Å². The van der Waals surface area contributed by atoms with E-state index in [0.717, 1.165) is 24.2 Å². The van der Waals surface area contributed by atoms with Crippen molar-refractivity contribution in [2.24, 2.45) is 0 Å². The van der Waals surface area contributed by atoms with E-state index < -0.39 is 41.0 Å². The van der Waals surface area contributed by atoms with Gasteiger partial charge in [0.05, 0.1) is 29.1 Å². The molecular formula is C27H31F3N4O3. The molecule has 2 N–H and O–H groups in total. The van der Waals surface area contributed by atoms with Gasteiger partial charge in [-0.25, -0.2) is 14.4 Å². The van der Waals surface area contributed by atoms with Crippen molar-refractivity contribution in [3.05, 3.63) is 58.7 Å². The number of anilines is 2. The van der Waals surface area contributed by atoms with Crippen molar-refractivity contribution in [1.82, 2.24) is 9.97 Å². The summed E-state index contributed by atoms with van der Waals surface area (Å²) in [6, 6.07) is 6.58. The predicted molar refractivity (Wildman–Crippen MR) is 136 cm³/mol. The summed E-state index contributed by atoms with van der Waals surface area (Å²) in [6.07, 6.45) is 0. The highest BCUT2D eigenvalue weighted by molar-refractivity contribution is 6.10. The lowest BCUT2D eigenvalue weighted by molar-refractivity contribution is -0.201. The van der Waals surface area contributed by atoms with Crippen molar-refractivity contribution < 1.29 is 27.8 Å². The molecule has 37 heavy (non-hydrogen) atoms. The first kappa shape index (κ1) is 26.8. The molecule has 1 aliphatic rings. The number of nitrogens with zero attached hydrogens (tertiary/aromatic N) is 3. The molecule has 2 aromatic carbocycles. The average molecular weight is 517 g/mol. The minimum Gasteiger partial charge on any atom is -0.381 e. The van der Waals surface area contributed by atoms with Crippen molar-refractivity contribution in [3.8, 4) is 0 Å². The molecule has 198 valence electrons.